The second kappa shape index (κ2) is 9.05. The molecule has 1 N–H and O–H groups in total. The highest BCUT2D eigenvalue weighted by Gasteiger charge is 2.10. The zero-order valence-corrected chi connectivity index (χ0v) is 10.8. The second-order valence-electron chi connectivity index (χ2n) is 4.63. The van der Waals surface area contributed by atoms with Gasteiger partial charge in [-0.1, -0.05) is 5.92 Å². The van der Waals surface area contributed by atoms with Gasteiger partial charge in [-0.05, 0) is 32.1 Å². The molecule has 1 aliphatic heterocycles. The van der Waals surface area contributed by atoms with E-state index in [1.165, 1.54) is 32.4 Å². The van der Waals surface area contributed by atoms with Crippen LogP contribution in [0.1, 0.15) is 39.0 Å². The Bertz CT molecular complexity index is 292. The first-order valence-corrected chi connectivity index (χ1v) is 6.60. The molecule has 1 fully saturated rings. The first-order valence-electron chi connectivity index (χ1n) is 6.60. The van der Waals surface area contributed by atoms with Crippen LogP contribution in [0.25, 0.3) is 0 Å². The fourth-order valence-corrected chi connectivity index (χ4v) is 2.00. The van der Waals surface area contributed by atoms with Gasteiger partial charge in [0.1, 0.15) is 6.54 Å². The molecule has 0 unspecified atom stereocenters. The van der Waals surface area contributed by atoms with E-state index in [0.717, 1.165) is 13.0 Å². The molecule has 94 valence electrons. The minimum absolute atomic E-state index is 0.146. The molecule has 1 rings (SSSR count). The number of hydrogen-bond acceptors (Lipinski definition) is 2. The predicted molar refractivity (Wildman–Crippen MR) is 67.5 cm³/mol. The number of quaternary nitrogens is 1. The van der Waals surface area contributed by atoms with Gasteiger partial charge in [-0.15, -0.1) is 0 Å². The summed E-state index contributed by atoms with van der Waals surface area (Å²) in [4.78, 5) is 1.63. The van der Waals surface area contributed by atoms with Crippen LogP contribution in [-0.2, 0) is 4.74 Å². The van der Waals surface area contributed by atoms with Gasteiger partial charge in [0, 0.05) is 6.42 Å². The van der Waals surface area contributed by atoms with Crippen LogP contribution in [0, 0.1) is 23.2 Å². The van der Waals surface area contributed by atoms with E-state index in [-0.39, 0.29) is 6.10 Å². The van der Waals surface area contributed by atoms with Gasteiger partial charge in [-0.3, -0.25) is 0 Å². The third kappa shape index (κ3) is 7.00. The van der Waals surface area contributed by atoms with Crippen molar-refractivity contribution in [2.75, 3.05) is 26.2 Å². The molecule has 0 aromatic carbocycles. The van der Waals surface area contributed by atoms with Crippen molar-refractivity contribution in [3.63, 3.8) is 0 Å². The van der Waals surface area contributed by atoms with Crippen LogP contribution in [0.5, 0.6) is 0 Å². The Morgan fingerprint density at radius 2 is 2.00 bits per heavy atom. The van der Waals surface area contributed by atoms with Crippen molar-refractivity contribution in [3.05, 3.63) is 0 Å². The standard InChI is InChI=1S/C14H22N2O/c1-14(17-13-7-9-15)8-3-6-12-16-10-4-2-5-11-16/h14H,2,4-5,7-8,10-13H2,1H3/p+1/t14-/m1/s1. The Morgan fingerprint density at radius 1 is 1.24 bits per heavy atom. The van der Waals surface area contributed by atoms with E-state index in [2.05, 4.69) is 17.9 Å². The largest absolute Gasteiger partial charge is 0.376 e. The van der Waals surface area contributed by atoms with E-state index in [1.807, 2.05) is 6.92 Å². The molecule has 17 heavy (non-hydrogen) atoms. The number of piperidine rings is 1. The highest BCUT2D eigenvalue weighted by Crippen LogP contribution is 1.96. The first-order chi connectivity index (χ1) is 8.33. The normalized spacial score (nSPS) is 17.9. The summed E-state index contributed by atoms with van der Waals surface area (Å²) in [6, 6.07) is 2.07. The molecule has 0 spiro atoms. The molecule has 0 amide bonds. The van der Waals surface area contributed by atoms with Crippen molar-refractivity contribution in [1.82, 2.24) is 0 Å². The van der Waals surface area contributed by atoms with Gasteiger partial charge in [-0.25, -0.2) is 0 Å². The smallest absolute Gasteiger partial charge is 0.139 e. The van der Waals surface area contributed by atoms with Crippen molar-refractivity contribution < 1.29 is 9.64 Å². The third-order valence-electron chi connectivity index (χ3n) is 3.03. The number of nitriles is 1. The molecule has 1 heterocycles. The fraction of sp³-hybridized carbons (Fsp3) is 0.786. The number of likely N-dealkylation sites (tertiary alicyclic amines) is 1. The highest BCUT2D eigenvalue weighted by atomic mass is 16.5. The zero-order valence-electron chi connectivity index (χ0n) is 10.8. The van der Waals surface area contributed by atoms with E-state index in [4.69, 9.17) is 10.00 Å². The van der Waals surface area contributed by atoms with E-state index >= 15 is 0 Å². The quantitative estimate of drug-likeness (QED) is 0.564. The Hall–Kier alpha value is -1.03. The van der Waals surface area contributed by atoms with Crippen molar-refractivity contribution in [2.24, 2.45) is 0 Å². The molecular formula is C14H23N2O+. The van der Waals surface area contributed by atoms with Gasteiger partial charge in [0.05, 0.1) is 38.3 Å². The van der Waals surface area contributed by atoms with Crippen LogP contribution in [-0.4, -0.2) is 32.3 Å². The summed E-state index contributed by atoms with van der Waals surface area (Å²) in [5.41, 5.74) is 0. The number of ether oxygens (including phenoxy) is 1. The number of rotatable bonds is 5. The molecule has 0 radical (unpaired) electrons. The van der Waals surface area contributed by atoms with Crippen molar-refractivity contribution in [2.45, 2.75) is 45.1 Å². The molecule has 0 saturated carbocycles. The molecule has 1 atom stereocenters. The Balaban J connectivity index is 2.06. The minimum atomic E-state index is 0.146. The first kappa shape index (κ1) is 14.0. The Morgan fingerprint density at radius 3 is 2.71 bits per heavy atom. The van der Waals surface area contributed by atoms with Crippen molar-refractivity contribution in [1.29, 1.82) is 5.26 Å². The maximum Gasteiger partial charge on any atom is 0.139 e. The lowest BCUT2D eigenvalue weighted by Crippen LogP contribution is -3.12. The average molecular weight is 235 g/mol. The highest BCUT2D eigenvalue weighted by molar-refractivity contribution is 4.99. The Kier molecular flexibility index (Phi) is 7.47. The van der Waals surface area contributed by atoms with E-state index < -0.39 is 0 Å². The van der Waals surface area contributed by atoms with Crippen LogP contribution in [0.2, 0.25) is 0 Å². The van der Waals surface area contributed by atoms with Crippen molar-refractivity contribution >= 4 is 0 Å². The summed E-state index contributed by atoms with van der Waals surface area (Å²) < 4.78 is 5.44. The SMILES string of the molecule is C[C@H](CC#CC[NH+]1CCCCC1)OCCC#N. The van der Waals surface area contributed by atoms with Gasteiger partial charge < -0.3 is 9.64 Å². The molecule has 0 aromatic heterocycles. The topological polar surface area (TPSA) is 37.5 Å². The van der Waals surface area contributed by atoms with Gasteiger partial charge in [0.2, 0.25) is 0 Å². The molecule has 1 saturated heterocycles. The Labute approximate surface area is 105 Å². The van der Waals surface area contributed by atoms with Crippen LogP contribution < -0.4 is 4.90 Å². The van der Waals surface area contributed by atoms with E-state index in [9.17, 15) is 0 Å². The van der Waals surface area contributed by atoms with Crippen LogP contribution in [0.4, 0.5) is 0 Å². The molecule has 0 aliphatic carbocycles. The summed E-state index contributed by atoms with van der Waals surface area (Å²) in [6.45, 7) is 6.08. The monoisotopic (exact) mass is 235 g/mol. The second-order valence-corrected chi connectivity index (χ2v) is 4.63. The summed E-state index contributed by atoms with van der Waals surface area (Å²) in [5, 5.41) is 8.38. The maximum atomic E-state index is 8.38. The van der Waals surface area contributed by atoms with Gasteiger partial charge in [0.15, 0.2) is 0 Å². The fourth-order valence-electron chi connectivity index (χ4n) is 2.00. The summed E-state index contributed by atoms with van der Waals surface area (Å²) in [7, 11) is 0. The van der Waals surface area contributed by atoms with Gasteiger partial charge in [0.25, 0.3) is 0 Å². The summed E-state index contributed by atoms with van der Waals surface area (Å²) >= 11 is 0. The van der Waals surface area contributed by atoms with Crippen molar-refractivity contribution in [3.8, 4) is 17.9 Å². The third-order valence-corrected chi connectivity index (χ3v) is 3.03. The summed E-state index contributed by atoms with van der Waals surface area (Å²) in [5.74, 6) is 6.43. The average Bonchev–Trinajstić information content (AvgIpc) is 2.36. The predicted octanol–water partition coefficient (Wildman–Crippen LogP) is 0.767. The van der Waals surface area contributed by atoms with Gasteiger partial charge >= 0.3 is 0 Å². The lowest BCUT2D eigenvalue weighted by molar-refractivity contribution is -0.897. The molecular weight excluding hydrogens is 212 g/mol. The van der Waals surface area contributed by atoms with Crippen LogP contribution in [0.3, 0.4) is 0 Å². The molecule has 3 heteroatoms. The van der Waals surface area contributed by atoms with Crippen LogP contribution >= 0.6 is 0 Å². The maximum absolute atomic E-state index is 8.38. The molecule has 0 aromatic rings. The molecule has 0 bridgehead atoms. The molecule has 1 aliphatic rings. The lowest BCUT2D eigenvalue weighted by Gasteiger charge is -2.20. The minimum Gasteiger partial charge on any atom is -0.376 e. The summed E-state index contributed by atoms with van der Waals surface area (Å²) in [6.07, 6.45) is 5.48. The lowest BCUT2D eigenvalue weighted by atomic mass is 10.1. The van der Waals surface area contributed by atoms with Gasteiger partial charge in [-0.2, -0.15) is 5.26 Å². The van der Waals surface area contributed by atoms with E-state index in [1.54, 1.807) is 4.90 Å². The number of nitrogens with one attached hydrogen (secondary N) is 1. The number of hydrogen-bond donors (Lipinski definition) is 1. The molecule has 3 nitrogen and oxygen atoms in total. The zero-order chi connectivity index (χ0) is 12.3. The van der Waals surface area contributed by atoms with E-state index in [0.29, 0.717) is 13.0 Å². The van der Waals surface area contributed by atoms with Crippen LogP contribution in [0.15, 0.2) is 0 Å². The number of nitrogens with zero attached hydrogens (tertiary/aromatic N) is 1.